The summed E-state index contributed by atoms with van der Waals surface area (Å²) in [6.07, 6.45) is 0. The van der Waals surface area contributed by atoms with Crippen molar-refractivity contribution in [3.63, 3.8) is 0 Å². The number of benzene rings is 19. The third-order valence-corrected chi connectivity index (χ3v) is 33.0. The average Bonchev–Trinajstić information content (AvgIpc) is 1.59. The SMILES string of the molecule is CC1(C)OB(c2ccc(I)c3c2sc2ccccc23)OC1(C)C.Clc1ccccc1-c1cc(-c2ccccc2)nc(-c2ccccc2)n1.Ic1ccc(-c2ccccc2-c2cc(-c3ccccc3)nc(-c3ccccc3)n2)c2sc3ccccc3c12.OB(O)c1ccc(-c2ccccc2)cc1.c1ccc(-c2ccc(-c3ccc(-c4ccccc4-c4cc(-c5ccccc5)nc(-c5ccccc5)n4)c4sc5ccccc5c34)cc2)cc1. The summed E-state index contributed by atoms with van der Waals surface area (Å²) in [4.78, 5) is 29.9. The van der Waals surface area contributed by atoms with Crippen LogP contribution in [0.5, 0.6) is 0 Å². The lowest BCUT2D eigenvalue weighted by Crippen LogP contribution is -2.41. The first-order valence-corrected chi connectivity index (χ1v) is 54.5. The van der Waals surface area contributed by atoms with Crippen molar-refractivity contribution in [1.29, 1.82) is 0 Å². The molecule has 1 aliphatic heterocycles. The molecule has 26 rings (SSSR count). The number of fused-ring (bicyclic) bond motifs is 9. The molecular weight excluding hydrogens is 2140 g/mol. The lowest BCUT2D eigenvalue weighted by molar-refractivity contribution is 0.00578. The van der Waals surface area contributed by atoms with Crippen molar-refractivity contribution in [2.45, 2.75) is 38.9 Å². The van der Waals surface area contributed by atoms with Gasteiger partial charge in [0.05, 0.1) is 45.4 Å². The number of thiophene rings is 3. The summed E-state index contributed by atoms with van der Waals surface area (Å²) in [6.45, 7) is 8.40. The van der Waals surface area contributed by atoms with Crippen LogP contribution in [0.1, 0.15) is 27.7 Å². The Morgan fingerprint density at radius 2 is 0.520 bits per heavy atom. The Bertz CT molecular complexity index is 8960. The smallest absolute Gasteiger partial charge is 0.423 e. The molecule has 2 N–H and O–H groups in total. The van der Waals surface area contributed by atoms with Gasteiger partial charge in [-0.05, 0) is 177 Å². The molecule has 0 aliphatic carbocycles. The van der Waals surface area contributed by atoms with Crippen LogP contribution in [0, 0.1) is 7.14 Å². The summed E-state index contributed by atoms with van der Waals surface area (Å²) >= 11 is 16.8. The van der Waals surface area contributed by atoms with Gasteiger partial charge in [0.2, 0.25) is 0 Å². The first kappa shape index (κ1) is 99.4. The predicted molar refractivity (Wildman–Crippen MR) is 650 cm³/mol. The fourth-order valence-electron chi connectivity index (χ4n) is 18.9. The molecule has 10 nitrogen and oxygen atoms in total. The highest BCUT2D eigenvalue weighted by Gasteiger charge is 2.52. The van der Waals surface area contributed by atoms with E-state index in [1.54, 1.807) is 12.1 Å². The van der Waals surface area contributed by atoms with E-state index < -0.39 is 7.12 Å². The van der Waals surface area contributed by atoms with Gasteiger partial charge in [-0.1, -0.05) is 448 Å². The molecule has 7 heterocycles. The van der Waals surface area contributed by atoms with Gasteiger partial charge in [0, 0.05) is 139 Å². The Hall–Kier alpha value is -15.2. The second-order valence-corrected chi connectivity index (χ2v) is 43.2. The number of rotatable bonds is 16. The van der Waals surface area contributed by atoms with E-state index in [-0.39, 0.29) is 18.3 Å². The van der Waals surface area contributed by atoms with Crippen LogP contribution in [0.4, 0.5) is 0 Å². The zero-order chi connectivity index (χ0) is 102. The van der Waals surface area contributed by atoms with Crippen molar-refractivity contribution in [3.8, 4) is 157 Å². The van der Waals surface area contributed by atoms with Crippen LogP contribution >= 0.6 is 90.8 Å². The molecule has 150 heavy (non-hydrogen) atoms. The molecular formula is C132H95B2ClI2N6O4S3. The van der Waals surface area contributed by atoms with Gasteiger partial charge in [0.15, 0.2) is 17.5 Å². The van der Waals surface area contributed by atoms with Gasteiger partial charge < -0.3 is 19.4 Å². The van der Waals surface area contributed by atoms with Crippen molar-refractivity contribution < 1.29 is 19.4 Å². The van der Waals surface area contributed by atoms with E-state index in [0.717, 1.165) is 112 Å². The first-order valence-electron chi connectivity index (χ1n) is 49.6. The molecule has 0 bridgehead atoms. The Kier molecular flexibility index (Phi) is 29.6. The quantitative estimate of drug-likeness (QED) is 0.0711. The highest BCUT2D eigenvalue weighted by Crippen LogP contribution is 2.50. The minimum atomic E-state index is -1.39. The Morgan fingerprint density at radius 3 is 0.913 bits per heavy atom. The zero-order valence-corrected chi connectivity index (χ0v) is 89.7. The van der Waals surface area contributed by atoms with E-state index in [0.29, 0.717) is 22.1 Å². The normalized spacial score (nSPS) is 12.3. The molecule has 1 aliphatic rings. The van der Waals surface area contributed by atoms with Gasteiger partial charge in [-0.3, -0.25) is 0 Å². The van der Waals surface area contributed by atoms with Crippen LogP contribution in [-0.2, 0) is 9.31 Å². The third-order valence-electron chi connectivity index (χ3n) is 27.3. The largest absolute Gasteiger partial charge is 0.496 e. The molecule has 0 unspecified atom stereocenters. The van der Waals surface area contributed by atoms with E-state index in [9.17, 15) is 0 Å². The fraction of sp³-hybridized carbons (Fsp3) is 0.0455. The topological polar surface area (TPSA) is 136 Å². The maximum atomic E-state index is 8.94. The summed E-state index contributed by atoms with van der Waals surface area (Å²) < 4.78 is 22.9. The van der Waals surface area contributed by atoms with Crippen LogP contribution in [0.15, 0.2) is 491 Å². The van der Waals surface area contributed by atoms with E-state index in [2.05, 4.69) is 370 Å². The van der Waals surface area contributed by atoms with Crippen molar-refractivity contribution in [3.05, 3.63) is 504 Å². The summed E-state index contributed by atoms with van der Waals surface area (Å²) in [5, 5.41) is 26.4. The van der Waals surface area contributed by atoms with Gasteiger partial charge in [0.25, 0.3) is 0 Å². The molecule has 25 aromatic rings. The molecule has 18 heteroatoms. The van der Waals surface area contributed by atoms with Gasteiger partial charge in [-0.15, -0.1) is 34.0 Å². The molecule has 6 aromatic heterocycles. The van der Waals surface area contributed by atoms with E-state index in [1.165, 1.54) is 107 Å². The van der Waals surface area contributed by atoms with E-state index >= 15 is 0 Å². The molecule has 0 amide bonds. The zero-order valence-electron chi connectivity index (χ0n) is 82.2. The second kappa shape index (κ2) is 44.7. The molecule has 722 valence electrons. The van der Waals surface area contributed by atoms with Crippen LogP contribution in [0.3, 0.4) is 0 Å². The van der Waals surface area contributed by atoms with Gasteiger partial charge in [0.1, 0.15) is 0 Å². The predicted octanol–water partition coefficient (Wildman–Crippen LogP) is 35.1. The Morgan fingerprint density at radius 1 is 0.247 bits per heavy atom. The third kappa shape index (κ3) is 21.3. The van der Waals surface area contributed by atoms with Gasteiger partial charge >= 0.3 is 14.2 Å². The minimum absolute atomic E-state index is 0.312. The van der Waals surface area contributed by atoms with Crippen molar-refractivity contribution in [1.82, 2.24) is 29.9 Å². The Balaban J connectivity index is 0.000000112. The first-order chi connectivity index (χ1) is 73.4. The number of aromatic nitrogens is 6. The minimum Gasteiger partial charge on any atom is -0.423 e. The molecule has 0 atom stereocenters. The van der Waals surface area contributed by atoms with Crippen molar-refractivity contribution >= 4 is 176 Å². The van der Waals surface area contributed by atoms with Gasteiger partial charge in [-0.2, -0.15) is 0 Å². The van der Waals surface area contributed by atoms with Crippen LogP contribution in [0.2, 0.25) is 5.02 Å². The summed E-state index contributed by atoms with van der Waals surface area (Å²) in [5.74, 6) is 2.14. The Labute approximate surface area is 916 Å². The number of halogens is 3. The summed E-state index contributed by atoms with van der Waals surface area (Å²) in [6, 6.07) is 169. The lowest BCUT2D eigenvalue weighted by atomic mass is 9.78. The van der Waals surface area contributed by atoms with Gasteiger partial charge in [-0.25, -0.2) is 29.9 Å². The van der Waals surface area contributed by atoms with Crippen molar-refractivity contribution in [2.24, 2.45) is 0 Å². The van der Waals surface area contributed by atoms with Crippen LogP contribution < -0.4 is 10.9 Å². The number of nitrogens with zero attached hydrogens (tertiary/aromatic N) is 6. The summed E-state index contributed by atoms with van der Waals surface area (Å²) in [7, 11) is -1.71. The molecule has 0 saturated carbocycles. The monoisotopic (exact) mass is 2230 g/mol. The summed E-state index contributed by atoms with van der Waals surface area (Å²) in [5.41, 5.74) is 27.5. The van der Waals surface area contributed by atoms with E-state index in [4.69, 9.17) is 60.9 Å². The maximum absolute atomic E-state index is 8.94. The molecule has 0 radical (unpaired) electrons. The van der Waals surface area contributed by atoms with Crippen LogP contribution in [-0.4, -0.2) is 65.4 Å². The second-order valence-electron chi connectivity index (χ2n) is 37.3. The average molecular weight is 2240 g/mol. The van der Waals surface area contributed by atoms with Crippen LogP contribution in [0.25, 0.3) is 218 Å². The highest BCUT2D eigenvalue weighted by molar-refractivity contribution is 14.1. The lowest BCUT2D eigenvalue weighted by Gasteiger charge is -2.32. The molecule has 0 spiro atoms. The molecule has 1 saturated heterocycles. The fourth-order valence-corrected chi connectivity index (χ4v) is 24.8. The standard InChI is InChI=1S/C46H30N2S.C34H21IN2S.C22H15ClN2.C18H18BIO2S.C12H11BO2/c1-4-14-31(15-5-1)32-24-26-33(27-25-32)36-28-29-39(45-44(36)40-22-12-13-23-43(40)49-45)37-20-10-11-21-38(37)42-30-41(34-16-6-2-7-17-34)47-46(48-42)35-18-8-3-9-19-35;35-28-20-19-26(33-32(28)27-17-9-10-18-31(27)38-33)24-15-7-8-16-25(24)30-21-29(22-11-3-1-4-12-22)36-34(37-30)23-13-5-2-6-14-23;23-19-14-8-7-13-18(19)21-15-20(16-9-3-1-4-10-16)24-22(25-21)17-11-5-2-6-12-17;1-17(2)18(3,4)22-19(21-17)12-9-10-13(20)15-11-7-5-6-8-14(11)23-16(12)15;14-13(15)12-8-6-11(7-9-12)10-4-2-1-3-5-10/h1-30H;1-21H;1-15H;5-10H,1-4H3;1-9,14-15H. The molecule has 1 fully saturated rings. The van der Waals surface area contributed by atoms with Crippen molar-refractivity contribution in [2.75, 3.05) is 0 Å². The number of hydrogen-bond acceptors (Lipinski definition) is 13. The van der Waals surface area contributed by atoms with E-state index in [1.807, 2.05) is 216 Å². The molecule has 19 aromatic carbocycles. The highest BCUT2D eigenvalue weighted by atomic mass is 127. The maximum Gasteiger partial charge on any atom is 0.496 e. The number of hydrogen-bond donors (Lipinski definition) is 2.